The Kier molecular flexibility index (Phi) is 4.70. The van der Waals surface area contributed by atoms with Crippen LogP contribution < -0.4 is 10.5 Å². The van der Waals surface area contributed by atoms with E-state index in [-0.39, 0.29) is 5.91 Å². The molecule has 5 heteroatoms. The Morgan fingerprint density at radius 1 is 1.24 bits per heavy atom. The first-order valence-corrected chi connectivity index (χ1v) is 6.82. The van der Waals surface area contributed by atoms with Gasteiger partial charge in [0.2, 0.25) is 0 Å². The van der Waals surface area contributed by atoms with Crippen LogP contribution in [0, 0.1) is 0 Å². The van der Waals surface area contributed by atoms with Gasteiger partial charge < -0.3 is 15.4 Å². The Labute approximate surface area is 129 Å². The molecule has 0 unspecified atom stereocenters. The van der Waals surface area contributed by atoms with Gasteiger partial charge in [0.1, 0.15) is 5.75 Å². The standard InChI is InChI=1S/C16H17ClN2O2/c1-19(10-11-3-6-13(21-2)7-4-11)16(20)14-8-5-12(17)9-15(14)18/h3-9H,10,18H2,1-2H3. The highest BCUT2D eigenvalue weighted by Crippen LogP contribution is 2.20. The van der Waals surface area contributed by atoms with Crippen molar-refractivity contribution in [3.05, 3.63) is 58.6 Å². The van der Waals surface area contributed by atoms with Crippen LogP contribution in [-0.4, -0.2) is 25.0 Å². The van der Waals surface area contributed by atoms with Crippen molar-refractivity contribution in [2.75, 3.05) is 19.9 Å². The molecule has 0 bridgehead atoms. The smallest absolute Gasteiger partial charge is 0.255 e. The number of nitrogens with zero attached hydrogens (tertiary/aromatic N) is 1. The first-order chi connectivity index (χ1) is 10.0. The molecule has 0 aromatic heterocycles. The summed E-state index contributed by atoms with van der Waals surface area (Å²) in [5.41, 5.74) is 7.69. The van der Waals surface area contributed by atoms with Crippen LogP contribution >= 0.6 is 11.6 Å². The molecule has 0 aliphatic heterocycles. The lowest BCUT2D eigenvalue weighted by molar-refractivity contribution is 0.0786. The highest BCUT2D eigenvalue weighted by molar-refractivity contribution is 6.31. The summed E-state index contributed by atoms with van der Waals surface area (Å²) in [6, 6.07) is 12.5. The Hall–Kier alpha value is -2.20. The van der Waals surface area contributed by atoms with Crippen LogP contribution in [0.3, 0.4) is 0 Å². The molecule has 21 heavy (non-hydrogen) atoms. The maximum atomic E-state index is 12.4. The van der Waals surface area contributed by atoms with Crippen LogP contribution in [0.4, 0.5) is 5.69 Å². The minimum atomic E-state index is -0.139. The van der Waals surface area contributed by atoms with Gasteiger partial charge in [-0.3, -0.25) is 4.79 Å². The number of nitrogens with two attached hydrogens (primary N) is 1. The summed E-state index contributed by atoms with van der Waals surface area (Å²) in [7, 11) is 3.36. The number of benzene rings is 2. The second-order valence-corrected chi connectivity index (χ2v) is 5.18. The summed E-state index contributed by atoms with van der Waals surface area (Å²) in [5.74, 6) is 0.648. The van der Waals surface area contributed by atoms with Crippen molar-refractivity contribution in [2.24, 2.45) is 0 Å². The zero-order valence-electron chi connectivity index (χ0n) is 12.0. The highest BCUT2D eigenvalue weighted by atomic mass is 35.5. The quantitative estimate of drug-likeness (QED) is 0.883. The van der Waals surface area contributed by atoms with E-state index < -0.39 is 0 Å². The SMILES string of the molecule is COc1ccc(CN(C)C(=O)c2ccc(Cl)cc2N)cc1. The lowest BCUT2D eigenvalue weighted by atomic mass is 10.1. The Morgan fingerprint density at radius 3 is 2.48 bits per heavy atom. The van der Waals surface area contributed by atoms with E-state index in [1.807, 2.05) is 24.3 Å². The van der Waals surface area contributed by atoms with Crippen molar-refractivity contribution in [1.82, 2.24) is 4.90 Å². The topological polar surface area (TPSA) is 55.6 Å². The molecule has 1 amide bonds. The van der Waals surface area contributed by atoms with Crippen LogP contribution in [0.5, 0.6) is 5.75 Å². The minimum absolute atomic E-state index is 0.139. The predicted octanol–water partition coefficient (Wildman–Crippen LogP) is 3.20. The number of rotatable bonds is 4. The molecule has 2 aromatic rings. The normalized spacial score (nSPS) is 10.2. The van der Waals surface area contributed by atoms with Gasteiger partial charge in [-0.15, -0.1) is 0 Å². The third kappa shape index (κ3) is 3.67. The molecule has 110 valence electrons. The summed E-state index contributed by atoms with van der Waals surface area (Å²) in [6.45, 7) is 0.491. The van der Waals surface area contributed by atoms with E-state index in [2.05, 4.69) is 0 Å². The van der Waals surface area contributed by atoms with E-state index in [4.69, 9.17) is 22.1 Å². The van der Waals surface area contributed by atoms with Crippen molar-refractivity contribution >= 4 is 23.2 Å². The second kappa shape index (κ2) is 6.50. The molecular weight excluding hydrogens is 288 g/mol. The second-order valence-electron chi connectivity index (χ2n) is 4.74. The van der Waals surface area contributed by atoms with Crippen molar-refractivity contribution < 1.29 is 9.53 Å². The van der Waals surface area contributed by atoms with Crippen molar-refractivity contribution in [3.8, 4) is 5.75 Å². The largest absolute Gasteiger partial charge is 0.497 e. The van der Waals surface area contributed by atoms with Gasteiger partial charge in [-0.2, -0.15) is 0 Å². The van der Waals surface area contributed by atoms with Gasteiger partial charge >= 0.3 is 0 Å². The van der Waals surface area contributed by atoms with Crippen LogP contribution in [0.2, 0.25) is 5.02 Å². The van der Waals surface area contributed by atoms with Crippen LogP contribution in [-0.2, 0) is 6.54 Å². The molecule has 0 heterocycles. The monoisotopic (exact) mass is 304 g/mol. The molecule has 0 aliphatic carbocycles. The van der Waals surface area contributed by atoms with Crippen molar-refractivity contribution in [3.63, 3.8) is 0 Å². The molecule has 0 aliphatic rings. The van der Waals surface area contributed by atoms with Gasteiger partial charge in [-0.05, 0) is 35.9 Å². The fraction of sp³-hybridized carbons (Fsp3) is 0.188. The summed E-state index contributed by atoms with van der Waals surface area (Å²) in [5, 5.41) is 0.516. The summed E-state index contributed by atoms with van der Waals surface area (Å²) in [4.78, 5) is 14.0. The Bertz CT molecular complexity index is 641. The molecule has 0 saturated heterocycles. The summed E-state index contributed by atoms with van der Waals surface area (Å²) >= 11 is 5.84. The maximum Gasteiger partial charge on any atom is 0.255 e. The molecule has 0 spiro atoms. The summed E-state index contributed by atoms with van der Waals surface area (Å²) in [6.07, 6.45) is 0. The minimum Gasteiger partial charge on any atom is -0.497 e. The molecule has 2 N–H and O–H groups in total. The third-order valence-corrected chi connectivity index (χ3v) is 3.40. The number of amides is 1. The molecule has 0 radical (unpaired) electrons. The lowest BCUT2D eigenvalue weighted by Crippen LogP contribution is -2.26. The van der Waals surface area contributed by atoms with Gasteiger partial charge in [0.15, 0.2) is 0 Å². The Morgan fingerprint density at radius 2 is 1.90 bits per heavy atom. The average molecular weight is 305 g/mol. The van der Waals surface area contributed by atoms with Gasteiger partial charge in [-0.1, -0.05) is 23.7 Å². The Balaban J connectivity index is 2.11. The van der Waals surface area contributed by atoms with Crippen LogP contribution in [0.1, 0.15) is 15.9 Å². The van der Waals surface area contributed by atoms with E-state index >= 15 is 0 Å². The molecule has 2 aromatic carbocycles. The van der Waals surface area contributed by atoms with Gasteiger partial charge in [0, 0.05) is 24.3 Å². The number of hydrogen-bond donors (Lipinski definition) is 1. The number of carbonyl (C=O) groups excluding carboxylic acids is 1. The molecule has 2 rings (SSSR count). The van der Waals surface area contributed by atoms with E-state index in [9.17, 15) is 4.79 Å². The van der Waals surface area contributed by atoms with E-state index in [0.29, 0.717) is 22.8 Å². The molecule has 0 saturated carbocycles. The first kappa shape index (κ1) is 15.2. The van der Waals surface area contributed by atoms with Crippen LogP contribution in [0.25, 0.3) is 0 Å². The summed E-state index contributed by atoms with van der Waals surface area (Å²) < 4.78 is 5.11. The van der Waals surface area contributed by atoms with E-state index in [1.54, 1.807) is 37.3 Å². The van der Waals surface area contributed by atoms with Gasteiger partial charge in [0.05, 0.1) is 12.7 Å². The zero-order chi connectivity index (χ0) is 15.4. The van der Waals surface area contributed by atoms with Crippen molar-refractivity contribution in [1.29, 1.82) is 0 Å². The number of halogens is 1. The number of hydrogen-bond acceptors (Lipinski definition) is 3. The van der Waals surface area contributed by atoms with Gasteiger partial charge in [0.25, 0.3) is 5.91 Å². The number of ether oxygens (including phenoxy) is 1. The first-order valence-electron chi connectivity index (χ1n) is 6.44. The van der Waals surface area contributed by atoms with E-state index in [1.165, 1.54) is 0 Å². The number of carbonyl (C=O) groups is 1. The highest BCUT2D eigenvalue weighted by Gasteiger charge is 2.15. The number of anilines is 1. The fourth-order valence-corrected chi connectivity index (χ4v) is 2.19. The third-order valence-electron chi connectivity index (χ3n) is 3.17. The molecule has 4 nitrogen and oxygen atoms in total. The average Bonchev–Trinajstić information content (AvgIpc) is 2.47. The van der Waals surface area contributed by atoms with Crippen molar-refractivity contribution in [2.45, 2.75) is 6.54 Å². The van der Waals surface area contributed by atoms with Crippen LogP contribution in [0.15, 0.2) is 42.5 Å². The zero-order valence-corrected chi connectivity index (χ0v) is 12.7. The fourth-order valence-electron chi connectivity index (χ4n) is 2.01. The van der Waals surface area contributed by atoms with Gasteiger partial charge in [-0.25, -0.2) is 0 Å². The lowest BCUT2D eigenvalue weighted by Gasteiger charge is -2.18. The van der Waals surface area contributed by atoms with E-state index in [0.717, 1.165) is 11.3 Å². The maximum absolute atomic E-state index is 12.4. The number of methoxy groups -OCH3 is 1. The molecular formula is C16H17ClN2O2. The molecule has 0 atom stereocenters. The predicted molar refractivity (Wildman–Crippen MR) is 84.7 cm³/mol. The molecule has 0 fully saturated rings. The number of nitrogen functional groups attached to an aromatic ring is 1.